The highest BCUT2D eigenvalue weighted by atomic mass is 32.2. The number of halogens is 2. The summed E-state index contributed by atoms with van der Waals surface area (Å²) < 4.78 is 51.9. The Morgan fingerprint density at radius 1 is 1.18 bits per heavy atom. The van der Waals surface area contributed by atoms with Gasteiger partial charge < -0.3 is 20.3 Å². The van der Waals surface area contributed by atoms with Gasteiger partial charge in [-0.1, -0.05) is 29.4 Å². The lowest BCUT2D eigenvalue weighted by atomic mass is 9.94. The van der Waals surface area contributed by atoms with Crippen molar-refractivity contribution in [1.82, 2.24) is 5.48 Å². The lowest BCUT2D eigenvalue weighted by molar-refractivity contribution is -0.0355. The fourth-order valence-corrected chi connectivity index (χ4v) is 4.90. The quantitative estimate of drug-likeness (QED) is 0.309. The van der Waals surface area contributed by atoms with E-state index in [1.165, 1.54) is 26.0 Å². The van der Waals surface area contributed by atoms with Crippen molar-refractivity contribution < 1.29 is 37.5 Å². The zero-order valence-corrected chi connectivity index (χ0v) is 19.8. The Kier molecular flexibility index (Phi) is 7.73. The smallest absolute Gasteiger partial charge is 0.156 e. The highest BCUT2D eigenvalue weighted by Gasteiger charge is 2.46. The molecule has 0 spiro atoms. The van der Waals surface area contributed by atoms with Crippen molar-refractivity contribution >= 4 is 15.5 Å². The molecule has 0 aromatic heterocycles. The fraction of sp³-hybridized carbons (Fsp3) is 0.435. The molecule has 0 aliphatic carbocycles. The summed E-state index contributed by atoms with van der Waals surface area (Å²) in [7, 11) is -3.79. The molecule has 0 fully saturated rings. The molecule has 0 bridgehead atoms. The molecular formula is C23H28F2N2O6S. The molecule has 8 nitrogen and oxygen atoms in total. The summed E-state index contributed by atoms with van der Waals surface area (Å²) in [5.74, 6) is -1.47. The Balaban J connectivity index is 1.76. The van der Waals surface area contributed by atoms with Crippen LogP contribution in [0.25, 0.3) is 11.1 Å². The van der Waals surface area contributed by atoms with E-state index in [-0.39, 0.29) is 24.8 Å². The van der Waals surface area contributed by atoms with Gasteiger partial charge in [-0.15, -0.1) is 0 Å². The van der Waals surface area contributed by atoms with Crippen molar-refractivity contribution in [1.29, 1.82) is 0 Å². The second-order valence-corrected chi connectivity index (χ2v) is 11.3. The second-order valence-electron chi connectivity index (χ2n) is 8.86. The molecule has 1 heterocycles. The van der Waals surface area contributed by atoms with E-state index >= 15 is 0 Å². The molecule has 0 saturated heterocycles. The van der Waals surface area contributed by atoms with E-state index in [1.54, 1.807) is 29.7 Å². The van der Waals surface area contributed by atoms with Crippen molar-refractivity contribution in [2.75, 3.05) is 6.26 Å². The van der Waals surface area contributed by atoms with Gasteiger partial charge in [0.2, 0.25) is 0 Å². The zero-order valence-electron chi connectivity index (χ0n) is 19.0. The van der Waals surface area contributed by atoms with Crippen molar-refractivity contribution in [3.63, 3.8) is 0 Å². The maximum absolute atomic E-state index is 14.6. The number of hydrogen-bond donors (Lipinski definition) is 4. The molecule has 0 amide bonds. The standard InChI is InChI=1S/C23H28F2N2O6S/c1-13(28)8-14-9-18(24)21(19(25)10-14)16-6-4-15(5-7-16)20-11-17(33-27-20)12-23(2,22(29)26-30)34(3,31)32/h4-7,9-10,13,17,22,26,28-30H,8,11-12H2,1-3H3/t13-,17-,22?,23-/m1/s1. The van der Waals surface area contributed by atoms with E-state index < -0.39 is 44.7 Å². The first-order valence-electron chi connectivity index (χ1n) is 10.6. The van der Waals surface area contributed by atoms with Gasteiger partial charge in [0.25, 0.3) is 0 Å². The highest BCUT2D eigenvalue weighted by molar-refractivity contribution is 7.92. The summed E-state index contributed by atoms with van der Waals surface area (Å²) in [6, 6.07) is 8.74. The minimum Gasteiger partial charge on any atom is -0.393 e. The minimum atomic E-state index is -3.79. The van der Waals surface area contributed by atoms with Crippen LogP contribution in [-0.2, 0) is 21.1 Å². The summed E-state index contributed by atoms with van der Waals surface area (Å²) in [6.07, 6.45) is -1.93. The van der Waals surface area contributed by atoms with Crippen LogP contribution in [0.1, 0.15) is 37.8 Å². The summed E-state index contributed by atoms with van der Waals surface area (Å²) >= 11 is 0. The van der Waals surface area contributed by atoms with Crippen LogP contribution < -0.4 is 5.48 Å². The van der Waals surface area contributed by atoms with Gasteiger partial charge in [-0.25, -0.2) is 17.2 Å². The number of hydrogen-bond acceptors (Lipinski definition) is 8. The topological polar surface area (TPSA) is 128 Å². The minimum absolute atomic E-state index is 0.137. The van der Waals surface area contributed by atoms with Crippen LogP contribution >= 0.6 is 0 Å². The Morgan fingerprint density at radius 2 is 1.74 bits per heavy atom. The summed E-state index contributed by atoms with van der Waals surface area (Å²) in [5, 5.41) is 32.5. The van der Waals surface area contributed by atoms with Gasteiger partial charge in [0, 0.05) is 19.1 Å². The Hall–Kier alpha value is -2.44. The van der Waals surface area contributed by atoms with Crippen LogP contribution in [-0.4, -0.2) is 59.0 Å². The number of aliphatic hydroxyl groups excluding tert-OH is 2. The number of oxime groups is 1. The molecule has 34 heavy (non-hydrogen) atoms. The van der Waals surface area contributed by atoms with Crippen LogP contribution in [0.5, 0.6) is 0 Å². The molecule has 2 aromatic carbocycles. The first-order valence-corrected chi connectivity index (χ1v) is 12.5. The molecule has 4 atom stereocenters. The molecule has 186 valence electrons. The molecule has 4 N–H and O–H groups in total. The van der Waals surface area contributed by atoms with E-state index in [9.17, 15) is 27.4 Å². The largest absolute Gasteiger partial charge is 0.393 e. The monoisotopic (exact) mass is 498 g/mol. The molecule has 2 aromatic rings. The number of sulfone groups is 1. The van der Waals surface area contributed by atoms with Crippen molar-refractivity contribution in [3.05, 3.63) is 59.2 Å². The van der Waals surface area contributed by atoms with E-state index in [4.69, 9.17) is 10.0 Å². The Morgan fingerprint density at radius 3 is 2.24 bits per heavy atom. The molecular weight excluding hydrogens is 470 g/mol. The van der Waals surface area contributed by atoms with Gasteiger partial charge in [0.1, 0.15) is 28.7 Å². The van der Waals surface area contributed by atoms with Crippen molar-refractivity contribution in [2.45, 2.75) is 56.3 Å². The molecule has 1 aliphatic heterocycles. The number of aliphatic hydroxyl groups is 2. The van der Waals surface area contributed by atoms with Gasteiger partial charge in [-0.2, -0.15) is 5.48 Å². The number of rotatable bonds is 9. The van der Waals surface area contributed by atoms with Crippen LogP contribution in [0, 0.1) is 11.6 Å². The SMILES string of the molecule is C[C@@H](O)Cc1cc(F)c(-c2ccc(C3=NO[C@@H](C[C@](C)(C(O)NO)S(C)(=O)=O)C3)cc2)c(F)c1. The number of nitrogens with one attached hydrogen (secondary N) is 1. The van der Waals surface area contributed by atoms with Crippen molar-refractivity contribution in [3.8, 4) is 11.1 Å². The maximum atomic E-state index is 14.6. The van der Waals surface area contributed by atoms with Crippen LogP contribution in [0.15, 0.2) is 41.6 Å². The second kappa shape index (κ2) is 10.0. The van der Waals surface area contributed by atoms with Crippen LogP contribution in [0.3, 0.4) is 0 Å². The third-order valence-corrected chi connectivity index (χ3v) is 8.14. The number of nitrogens with zero attached hydrogens (tertiary/aromatic N) is 1. The highest BCUT2D eigenvalue weighted by Crippen LogP contribution is 2.32. The molecule has 11 heteroatoms. The molecule has 1 aliphatic rings. The summed E-state index contributed by atoms with van der Waals surface area (Å²) in [4.78, 5) is 5.37. The fourth-order valence-electron chi connectivity index (χ4n) is 3.95. The molecule has 3 rings (SSSR count). The summed E-state index contributed by atoms with van der Waals surface area (Å²) in [6.45, 7) is 2.83. The Labute approximate surface area is 196 Å². The van der Waals surface area contributed by atoms with Gasteiger partial charge in [-0.3, -0.25) is 0 Å². The third-order valence-electron chi connectivity index (χ3n) is 6.05. The van der Waals surface area contributed by atoms with Gasteiger partial charge >= 0.3 is 0 Å². The van der Waals surface area contributed by atoms with Crippen LogP contribution in [0.4, 0.5) is 8.78 Å². The third kappa shape index (κ3) is 5.44. The first-order chi connectivity index (χ1) is 15.9. The van der Waals surface area contributed by atoms with E-state index in [0.29, 0.717) is 22.4 Å². The zero-order chi connectivity index (χ0) is 25.3. The molecule has 1 unspecified atom stereocenters. The van der Waals surface area contributed by atoms with Gasteiger partial charge in [0.15, 0.2) is 9.84 Å². The predicted molar refractivity (Wildman–Crippen MR) is 122 cm³/mol. The van der Waals surface area contributed by atoms with Gasteiger partial charge in [0.05, 0.1) is 17.4 Å². The lowest BCUT2D eigenvalue weighted by Crippen LogP contribution is -2.54. The number of benzene rings is 2. The predicted octanol–water partition coefficient (Wildman–Crippen LogP) is 2.54. The molecule has 0 saturated carbocycles. The van der Waals surface area contributed by atoms with E-state index in [2.05, 4.69) is 5.16 Å². The average Bonchev–Trinajstić information content (AvgIpc) is 3.20. The maximum Gasteiger partial charge on any atom is 0.156 e. The normalized spacial score (nSPS) is 19.8. The van der Waals surface area contributed by atoms with Crippen molar-refractivity contribution in [2.24, 2.45) is 5.16 Å². The average molecular weight is 499 g/mol. The van der Waals surface area contributed by atoms with Crippen LogP contribution in [0.2, 0.25) is 0 Å². The summed E-state index contributed by atoms with van der Waals surface area (Å²) in [5.41, 5.74) is 3.21. The van der Waals surface area contributed by atoms with E-state index in [0.717, 1.165) is 6.26 Å². The lowest BCUT2D eigenvalue weighted by Gasteiger charge is -2.32. The first kappa shape index (κ1) is 26.2. The molecule has 0 radical (unpaired) electrons. The number of hydroxylamine groups is 1. The van der Waals surface area contributed by atoms with E-state index in [1.807, 2.05) is 0 Å². The van der Waals surface area contributed by atoms with Gasteiger partial charge in [-0.05, 0) is 49.1 Å². The Bertz CT molecular complexity index is 1150.